The second-order valence-corrected chi connectivity index (χ2v) is 4.44. The van der Waals surface area contributed by atoms with Crippen molar-refractivity contribution in [3.63, 3.8) is 0 Å². The van der Waals surface area contributed by atoms with Crippen molar-refractivity contribution in [1.82, 2.24) is 0 Å². The van der Waals surface area contributed by atoms with Crippen molar-refractivity contribution in [3.05, 3.63) is 35.4 Å². The summed E-state index contributed by atoms with van der Waals surface area (Å²) < 4.78 is 5.18. The van der Waals surface area contributed by atoms with Gasteiger partial charge in [0, 0.05) is 0 Å². The number of carbonyl (C=O) groups excluding carboxylic acids is 1. The van der Waals surface area contributed by atoms with Gasteiger partial charge in [0.1, 0.15) is 6.61 Å². The molecule has 0 N–H and O–H groups in total. The van der Waals surface area contributed by atoms with Crippen molar-refractivity contribution in [2.75, 3.05) is 13.2 Å². The van der Waals surface area contributed by atoms with Crippen LogP contribution in [0, 0.1) is 6.92 Å². The first kappa shape index (κ1) is 12.6. The Morgan fingerprint density at radius 2 is 2.06 bits per heavy atom. The van der Waals surface area contributed by atoms with Gasteiger partial charge in [-0.1, -0.05) is 35.0 Å². The van der Waals surface area contributed by atoms with Crippen LogP contribution in [0.3, 0.4) is 0 Å². The minimum absolute atomic E-state index is 0.209. The van der Waals surface area contributed by atoms with Crippen molar-refractivity contribution in [2.24, 2.45) is 5.16 Å². The summed E-state index contributed by atoms with van der Waals surface area (Å²) >= 11 is 0. The minimum Gasteiger partial charge on any atom is -0.465 e. The number of esters is 1. The first-order chi connectivity index (χ1) is 8.61. The standard InChI is InChI=1S/C14H17NO3/c1-4-17-13(16)14(9-18-15-11(14)3)12-7-5-10(2)6-8-12/h5-8H,4,9H2,1-3H3/t14-/m1/s1. The highest BCUT2D eigenvalue weighted by Crippen LogP contribution is 2.32. The van der Waals surface area contributed by atoms with E-state index in [9.17, 15) is 4.79 Å². The summed E-state index contributed by atoms with van der Waals surface area (Å²) in [6, 6.07) is 7.81. The van der Waals surface area contributed by atoms with Gasteiger partial charge in [-0.15, -0.1) is 0 Å². The summed E-state index contributed by atoms with van der Waals surface area (Å²) in [6.45, 7) is 6.15. The average molecular weight is 247 g/mol. The van der Waals surface area contributed by atoms with E-state index in [1.165, 1.54) is 0 Å². The number of nitrogens with zero attached hydrogens (tertiary/aromatic N) is 1. The highest BCUT2D eigenvalue weighted by Gasteiger charge is 2.49. The second kappa shape index (κ2) is 4.80. The molecule has 4 nitrogen and oxygen atoms in total. The molecule has 0 aliphatic carbocycles. The molecule has 0 saturated carbocycles. The molecule has 0 radical (unpaired) electrons. The molecule has 96 valence electrons. The Morgan fingerprint density at radius 3 is 2.56 bits per heavy atom. The summed E-state index contributed by atoms with van der Waals surface area (Å²) in [5.74, 6) is -0.299. The van der Waals surface area contributed by atoms with Crippen LogP contribution in [0.25, 0.3) is 0 Å². The smallest absolute Gasteiger partial charge is 0.326 e. The maximum Gasteiger partial charge on any atom is 0.326 e. The monoisotopic (exact) mass is 247 g/mol. The maximum atomic E-state index is 12.3. The van der Waals surface area contributed by atoms with E-state index in [1.807, 2.05) is 31.2 Å². The number of aryl methyl sites for hydroxylation is 1. The third-order valence-electron chi connectivity index (χ3n) is 3.27. The Kier molecular flexibility index (Phi) is 3.36. The third kappa shape index (κ3) is 1.88. The van der Waals surface area contributed by atoms with Gasteiger partial charge >= 0.3 is 5.97 Å². The zero-order chi connectivity index (χ0) is 13.2. The summed E-state index contributed by atoms with van der Waals surface area (Å²) in [6.07, 6.45) is 0. The van der Waals surface area contributed by atoms with Crippen LogP contribution in [0.15, 0.2) is 29.4 Å². The summed E-state index contributed by atoms with van der Waals surface area (Å²) in [4.78, 5) is 17.4. The molecule has 2 rings (SSSR count). The van der Waals surface area contributed by atoms with Crippen LogP contribution < -0.4 is 0 Å². The van der Waals surface area contributed by atoms with Crippen LogP contribution in [0.1, 0.15) is 25.0 Å². The van der Waals surface area contributed by atoms with Gasteiger partial charge in [-0.25, -0.2) is 0 Å². The van der Waals surface area contributed by atoms with Crippen LogP contribution in [0.5, 0.6) is 0 Å². The van der Waals surface area contributed by atoms with E-state index >= 15 is 0 Å². The lowest BCUT2D eigenvalue weighted by molar-refractivity contribution is -0.148. The number of carbonyl (C=O) groups is 1. The fourth-order valence-corrected chi connectivity index (χ4v) is 2.12. The molecule has 0 amide bonds. The van der Waals surface area contributed by atoms with E-state index < -0.39 is 5.41 Å². The lowest BCUT2D eigenvalue weighted by Gasteiger charge is -2.25. The SMILES string of the molecule is CCOC(=O)[C@]1(c2ccc(C)cc2)CON=C1C. The fraction of sp³-hybridized carbons (Fsp3) is 0.429. The molecule has 1 aromatic carbocycles. The average Bonchev–Trinajstić information content (AvgIpc) is 2.73. The molecule has 0 bridgehead atoms. The summed E-state index contributed by atoms with van der Waals surface area (Å²) in [5, 5.41) is 3.91. The van der Waals surface area contributed by atoms with E-state index in [0.29, 0.717) is 12.3 Å². The topological polar surface area (TPSA) is 47.9 Å². The highest BCUT2D eigenvalue weighted by atomic mass is 16.6. The van der Waals surface area contributed by atoms with Gasteiger partial charge < -0.3 is 9.57 Å². The van der Waals surface area contributed by atoms with Crippen molar-refractivity contribution in [1.29, 1.82) is 0 Å². The van der Waals surface area contributed by atoms with Gasteiger partial charge in [-0.05, 0) is 26.3 Å². The van der Waals surface area contributed by atoms with Crippen molar-refractivity contribution >= 4 is 11.7 Å². The molecular weight excluding hydrogens is 230 g/mol. The molecule has 1 aromatic rings. The number of hydrogen-bond donors (Lipinski definition) is 0. The second-order valence-electron chi connectivity index (χ2n) is 4.44. The molecule has 0 unspecified atom stereocenters. The maximum absolute atomic E-state index is 12.3. The van der Waals surface area contributed by atoms with E-state index in [4.69, 9.17) is 9.57 Å². The van der Waals surface area contributed by atoms with Gasteiger partial charge in [0.15, 0.2) is 5.41 Å². The first-order valence-electron chi connectivity index (χ1n) is 6.02. The number of hydrogen-bond acceptors (Lipinski definition) is 4. The molecule has 0 aromatic heterocycles. The van der Waals surface area contributed by atoms with Gasteiger partial charge in [-0.2, -0.15) is 0 Å². The fourth-order valence-electron chi connectivity index (χ4n) is 2.12. The van der Waals surface area contributed by atoms with E-state index in [-0.39, 0.29) is 12.6 Å². The van der Waals surface area contributed by atoms with Gasteiger partial charge in [0.2, 0.25) is 0 Å². The molecule has 1 heterocycles. The normalized spacial score (nSPS) is 22.3. The Balaban J connectivity index is 2.46. The van der Waals surface area contributed by atoms with Gasteiger partial charge in [0.05, 0.1) is 12.3 Å². The van der Waals surface area contributed by atoms with Crippen molar-refractivity contribution < 1.29 is 14.4 Å². The predicted octanol–water partition coefficient (Wildman–Crippen LogP) is 2.20. The molecule has 1 aliphatic heterocycles. The molecule has 0 spiro atoms. The van der Waals surface area contributed by atoms with Crippen LogP contribution >= 0.6 is 0 Å². The zero-order valence-electron chi connectivity index (χ0n) is 10.9. The summed E-state index contributed by atoms with van der Waals surface area (Å²) in [5.41, 5.74) is 1.77. The number of benzene rings is 1. The number of oxime groups is 1. The van der Waals surface area contributed by atoms with Crippen molar-refractivity contribution in [3.8, 4) is 0 Å². The van der Waals surface area contributed by atoms with Crippen LogP contribution in [-0.2, 0) is 19.8 Å². The predicted molar refractivity (Wildman–Crippen MR) is 68.6 cm³/mol. The van der Waals surface area contributed by atoms with Gasteiger partial charge in [0.25, 0.3) is 0 Å². The Bertz CT molecular complexity index is 478. The van der Waals surface area contributed by atoms with Crippen molar-refractivity contribution in [2.45, 2.75) is 26.2 Å². The Morgan fingerprint density at radius 1 is 1.39 bits per heavy atom. The summed E-state index contributed by atoms with van der Waals surface area (Å²) in [7, 11) is 0. The molecule has 1 atom stereocenters. The number of rotatable bonds is 3. The first-order valence-corrected chi connectivity index (χ1v) is 6.02. The van der Waals surface area contributed by atoms with E-state index in [2.05, 4.69) is 5.16 Å². The highest BCUT2D eigenvalue weighted by molar-refractivity contribution is 6.12. The van der Waals surface area contributed by atoms with Gasteiger partial charge in [-0.3, -0.25) is 4.79 Å². The van der Waals surface area contributed by atoms with E-state index in [1.54, 1.807) is 13.8 Å². The Labute approximate surface area is 107 Å². The molecule has 0 saturated heterocycles. The van der Waals surface area contributed by atoms with Crippen LogP contribution in [0.4, 0.5) is 0 Å². The van der Waals surface area contributed by atoms with Crippen LogP contribution in [-0.4, -0.2) is 24.9 Å². The lowest BCUT2D eigenvalue weighted by atomic mass is 9.77. The quantitative estimate of drug-likeness (QED) is 0.769. The zero-order valence-corrected chi connectivity index (χ0v) is 10.9. The molecule has 1 aliphatic rings. The number of ether oxygens (including phenoxy) is 1. The Hall–Kier alpha value is -1.84. The largest absolute Gasteiger partial charge is 0.465 e. The molecule has 18 heavy (non-hydrogen) atoms. The lowest BCUT2D eigenvalue weighted by Crippen LogP contribution is -2.44. The molecule has 4 heteroatoms. The molecular formula is C14H17NO3. The van der Waals surface area contributed by atoms with Crippen LogP contribution in [0.2, 0.25) is 0 Å². The molecule has 0 fully saturated rings. The third-order valence-corrected chi connectivity index (χ3v) is 3.27. The van der Waals surface area contributed by atoms with E-state index in [0.717, 1.165) is 11.1 Å². The minimum atomic E-state index is -0.885.